The van der Waals surface area contributed by atoms with Crippen LogP contribution in [-0.4, -0.2) is 37.2 Å². The SMILES string of the molecule is CCCCCCCCCCCCCCCCCC(=O)OC[C@H](COC(=O)CCCCCCCCCCCCCCC)OC(=O)CCCCCCCCCCCCC(C)C. The zero-order chi connectivity index (χ0) is 43.1. The van der Waals surface area contributed by atoms with Crippen molar-refractivity contribution < 1.29 is 28.6 Å². The Bertz CT molecular complexity index is 887. The summed E-state index contributed by atoms with van der Waals surface area (Å²) in [7, 11) is 0. The van der Waals surface area contributed by atoms with Gasteiger partial charge in [-0.15, -0.1) is 0 Å². The first kappa shape index (κ1) is 57.4. The average Bonchev–Trinajstić information content (AvgIpc) is 3.22. The molecule has 0 aliphatic rings. The lowest BCUT2D eigenvalue weighted by molar-refractivity contribution is -0.167. The molecule has 0 bridgehead atoms. The topological polar surface area (TPSA) is 78.9 Å². The van der Waals surface area contributed by atoms with Gasteiger partial charge in [0, 0.05) is 19.3 Å². The molecular weight excluding hydrogens is 733 g/mol. The third kappa shape index (κ3) is 47.3. The summed E-state index contributed by atoms with van der Waals surface area (Å²) in [4.78, 5) is 38.0. The summed E-state index contributed by atoms with van der Waals surface area (Å²) < 4.78 is 16.8. The normalized spacial score (nSPS) is 11.9. The molecule has 1 atom stereocenters. The van der Waals surface area contributed by atoms with E-state index in [0.29, 0.717) is 19.3 Å². The van der Waals surface area contributed by atoms with Crippen LogP contribution in [-0.2, 0) is 28.6 Å². The Morgan fingerprint density at radius 2 is 0.559 bits per heavy atom. The fourth-order valence-corrected chi connectivity index (χ4v) is 8.04. The molecular formula is C53H102O6. The number of hydrogen-bond donors (Lipinski definition) is 0. The van der Waals surface area contributed by atoms with E-state index in [1.165, 1.54) is 193 Å². The molecule has 6 heteroatoms. The van der Waals surface area contributed by atoms with Crippen molar-refractivity contribution >= 4 is 17.9 Å². The predicted molar refractivity (Wildman–Crippen MR) is 252 cm³/mol. The van der Waals surface area contributed by atoms with Gasteiger partial charge in [0.2, 0.25) is 0 Å². The first-order chi connectivity index (χ1) is 28.9. The lowest BCUT2D eigenvalue weighted by atomic mass is 10.0. The predicted octanol–water partition coefficient (Wildman–Crippen LogP) is 17.1. The van der Waals surface area contributed by atoms with Gasteiger partial charge in [0.25, 0.3) is 0 Å². The summed E-state index contributed by atoms with van der Waals surface area (Å²) in [6, 6.07) is 0. The number of esters is 3. The number of unbranched alkanes of at least 4 members (excludes halogenated alkanes) is 35. The maximum atomic E-state index is 12.8. The molecule has 0 radical (unpaired) electrons. The van der Waals surface area contributed by atoms with E-state index in [1.54, 1.807) is 0 Å². The van der Waals surface area contributed by atoms with Crippen molar-refractivity contribution in [3.63, 3.8) is 0 Å². The maximum Gasteiger partial charge on any atom is 0.306 e. The Hall–Kier alpha value is -1.59. The molecule has 0 saturated heterocycles. The van der Waals surface area contributed by atoms with Gasteiger partial charge in [-0.25, -0.2) is 0 Å². The molecule has 0 aromatic heterocycles. The number of carbonyl (C=O) groups is 3. The van der Waals surface area contributed by atoms with Crippen LogP contribution in [0, 0.1) is 5.92 Å². The van der Waals surface area contributed by atoms with Gasteiger partial charge in [0.05, 0.1) is 0 Å². The van der Waals surface area contributed by atoms with E-state index in [1.807, 2.05) is 0 Å². The standard InChI is InChI=1S/C53H102O6/c1-5-7-9-11-13-15-17-19-20-22-24-29-33-37-41-45-52(55)58-48-50(59-53(56)46-42-38-34-30-26-25-27-31-35-39-43-49(3)4)47-57-51(54)44-40-36-32-28-23-21-18-16-14-12-10-8-6-2/h49-50H,5-48H2,1-4H3/t50-/m0/s1. The van der Waals surface area contributed by atoms with Gasteiger partial charge in [-0.2, -0.15) is 0 Å². The summed E-state index contributed by atoms with van der Waals surface area (Å²) in [6.45, 7) is 9.02. The molecule has 0 rings (SSSR count). The summed E-state index contributed by atoms with van der Waals surface area (Å²) in [5.74, 6) is -0.0267. The van der Waals surface area contributed by atoms with Crippen molar-refractivity contribution in [3.8, 4) is 0 Å². The highest BCUT2D eigenvalue weighted by Crippen LogP contribution is 2.17. The van der Waals surface area contributed by atoms with Gasteiger partial charge in [-0.1, -0.05) is 259 Å². The lowest BCUT2D eigenvalue weighted by Gasteiger charge is -2.18. The van der Waals surface area contributed by atoms with Gasteiger partial charge < -0.3 is 14.2 Å². The Kier molecular flexibility index (Phi) is 46.2. The van der Waals surface area contributed by atoms with Gasteiger partial charge in [0.1, 0.15) is 13.2 Å². The highest BCUT2D eigenvalue weighted by atomic mass is 16.6. The lowest BCUT2D eigenvalue weighted by Crippen LogP contribution is -2.30. The van der Waals surface area contributed by atoms with E-state index in [0.717, 1.165) is 63.7 Å². The van der Waals surface area contributed by atoms with Crippen LogP contribution in [0.5, 0.6) is 0 Å². The second kappa shape index (κ2) is 47.5. The Balaban J connectivity index is 4.31. The van der Waals surface area contributed by atoms with Crippen LogP contribution in [0.2, 0.25) is 0 Å². The molecule has 0 heterocycles. The van der Waals surface area contributed by atoms with Crippen LogP contribution < -0.4 is 0 Å². The molecule has 0 N–H and O–H groups in total. The van der Waals surface area contributed by atoms with Crippen LogP contribution in [0.4, 0.5) is 0 Å². The minimum Gasteiger partial charge on any atom is -0.462 e. The van der Waals surface area contributed by atoms with Crippen molar-refractivity contribution in [2.75, 3.05) is 13.2 Å². The second-order valence-corrected chi connectivity index (χ2v) is 18.6. The van der Waals surface area contributed by atoms with E-state index >= 15 is 0 Å². The van der Waals surface area contributed by atoms with Crippen LogP contribution in [0.3, 0.4) is 0 Å². The Labute approximate surface area is 368 Å². The van der Waals surface area contributed by atoms with E-state index in [4.69, 9.17) is 14.2 Å². The summed E-state index contributed by atoms with van der Waals surface area (Å²) >= 11 is 0. The Morgan fingerprint density at radius 1 is 0.322 bits per heavy atom. The van der Waals surface area contributed by atoms with Crippen LogP contribution in [0.1, 0.15) is 297 Å². The third-order valence-electron chi connectivity index (χ3n) is 12.0. The van der Waals surface area contributed by atoms with Gasteiger partial charge in [-0.3, -0.25) is 14.4 Å². The molecule has 0 aromatic rings. The zero-order valence-corrected chi connectivity index (χ0v) is 40.2. The summed E-state index contributed by atoms with van der Waals surface area (Å²) in [5.41, 5.74) is 0. The van der Waals surface area contributed by atoms with E-state index < -0.39 is 6.10 Å². The quantitative estimate of drug-likeness (QED) is 0.0345. The van der Waals surface area contributed by atoms with Crippen molar-refractivity contribution in [3.05, 3.63) is 0 Å². The summed E-state index contributed by atoms with van der Waals surface area (Å²) in [6.07, 6.45) is 49.4. The van der Waals surface area contributed by atoms with E-state index in [2.05, 4.69) is 27.7 Å². The molecule has 350 valence electrons. The minimum atomic E-state index is -0.761. The molecule has 0 aliphatic heterocycles. The first-order valence-corrected chi connectivity index (χ1v) is 26.4. The smallest absolute Gasteiger partial charge is 0.306 e. The number of carbonyl (C=O) groups excluding carboxylic acids is 3. The van der Waals surface area contributed by atoms with Crippen LogP contribution in [0.25, 0.3) is 0 Å². The van der Waals surface area contributed by atoms with Crippen LogP contribution >= 0.6 is 0 Å². The highest BCUT2D eigenvalue weighted by molar-refractivity contribution is 5.71. The van der Waals surface area contributed by atoms with Crippen molar-refractivity contribution in [2.24, 2.45) is 5.92 Å². The molecule has 6 nitrogen and oxygen atoms in total. The van der Waals surface area contributed by atoms with Gasteiger partial charge >= 0.3 is 17.9 Å². The number of rotatable bonds is 48. The molecule has 0 amide bonds. The maximum absolute atomic E-state index is 12.8. The van der Waals surface area contributed by atoms with E-state index in [-0.39, 0.29) is 31.1 Å². The molecule has 0 saturated carbocycles. The minimum absolute atomic E-state index is 0.0627. The average molecular weight is 835 g/mol. The zero-order valence-electron chi connectivity index (χ0n) is 40.2. The van der Waals surface area contributed by atoms with Crippen LogP contribution in [0.15, 0.2) is 0 Å². The fourth-order valence-electron chi connectivity index (χ4n) is 8.04. The van der Waals surface area contributed by atoms with Crippen molar-refractivity contribution in [2.45, 2.75) is 303 Å². The molecule has 0 fully saturated rings. The number of hydrogen-bond acceptors (Lipinski definition) is 6. The monoisotopic (exact) mass is 835 g/mol. The Morgan fingerprint density at radius 3 is 0.831 bits per heavy atom. The van der Waals surface area contributed by atoms with Gasteiger partial charge in [0.15, 0.2) is 6.10 Å². The van der Waals surface area contributed by atoms with E-state index in [9.17, 15) is 14.4 Å². The fraction of sp³-hybridized carbons (Fsp3) is 0.943. The molecule has 59 heavy (non-hydrogen) atoms. The largest absolute Gasteiger partial charge is 0.462 e. The molecule has 0 aromatic carbocycles. The van der Waals surface area contributed by atoms with Crippen molar-refractivity contribution in [1.82, 2.24) is 0 Å². The highest BCUT2D eigenvalue weighted by Gasteiger charge is 2.19. The van der Waals surface area contributed by atoms with Gasteiger partial charge in [-0.05, 0) is 25.2 Å². The number of ether oxygens (including phenoxy) is 3. The first-order valence-electron chi connectivity index (χ1n) is 26.4. The third-order valence-corrected chi connectivity index (χ3v) is 12.0. The molecule has 0 spiro atoms. The molecule has 0 aliphatic carbocycles. The summed E-state index contributed by atoms with van der Waals surface area (Å²) in [5, 5.41) is 0. The van der Waals surface area contributed by atoms with Crippen molar-refractivity contribution in [1.29, 1.82) is 0 Å². The second-order valence-electron chi connectivity index (χ2n) is 18.6. The molecule has 0 unspecified atom stereocenters.